The van der Waals surface area contributed by atoms with Gasteiger partial charge in [-0.15, -0.1) is 0 Å². The zero-order valence-electron chi connectivity index (χ0n) is 19.7. The monoisotopic (exact) mass is 488 g/mol. The lowest BCUT2D eigenvalue weighted by atomic mass is 10.1. The molecule has 2 amide bonds. The van der Waals surface area contributed by atoms with Gasteiger partial charge in [-0.3, -0.25) is 19.0 Å². The van der Waals surface area contributed by atoms with E-state index in [1.165, 1.54) is 28.8 Å². The summed E-state index contributed by atoms with van der Waals surface area (Å²) in [5.74, 6) is -1.05. The van der Waals surface area contributed by atoms with Crippen molar-refractivity contribution >= 4 is 28.4 Å². The van der Waals surface area contributed by atoms with E-state index in [0.29, 0.717) is 23.4 Å². The van der Waals surface area contributed by atoms with Gasteiger partial charge in [0.15, 0.2) is 0 Å². The van der Waals surface area contributed by atoms with Crippen LogP contribution in [0.25, 0.3) is 16.6 Å². The van der Waals surface area contributed by atoms with Crippen LogP contribution in [0.5, 0.6) is 0 Å². The van der Waals surface area contributed by atoms with Crippen LogP contribution in [0.2, 0.25) is 0 Å². The molecule has 0 aliphatic carbocycles. The third kappa shape index (κ3) is 5.41. The number of nitrogens with one attached hydrogen (secondary N) is 2. The molecule has 4 rings (SSSR count). The number of nitrogens with zero attached hydrogens (tertiary/aromatic N) is 2. The van der Waals surface area contributed by atoms with Gasteiger partial charge in [-0.1, -0.05) is 31.2 Å². The van der Waals surface area contributed by atoms with E-state index in [4.69, 9.17) is 0 Å². The van der Waals surface area contributed by atoms with Gasteiger partial charge in [-0.05, 0) is 60.5 Å². The SMILES string of the molecule is CCCNC(=O)Cc1ccc(-n2c(=O)c3ccccc3n(CC(=O)Nc3ccc(F)cc3)c2=O)cc1. The molecule has 0 aliphatic heterocycles. The van der Waals surface area contributed by atoms with Crippen LogP contribution in [-0.2, 0) is 22.6 Å². The topological polar surface area (TPSA) is 102 Å². The van der Waals surface area contributed by atoms with Crippen molar-refractivity contribution in [2.24, 2.45) is 0 Å². The van der Waals surface area contributed by atoms with E-state index < -0.39 is 23.0 Å². The number of carbonyl (C=O) groups excluding carboxylic acids is 2. The molecule has 0 fully saturated rings. The van der Waals surface area contributed by atoms with Crippen molar-refractivity contribution in [1.29, 1.82) is 0 Å². The molecule has 0 saturated heterocycles. The van der Waals surface area contributed by atoms with Gasteiger partial charge in [0.05, 0.1) is 23.0 Å². The maximum Gasteiger partial charge on any atom is 0.336 e. The summed E-state index contributed by atoms with van der Waals surface area (Å²) < 4.78 is 15.4. The van der Waals surface area contributed by atoms with Crippen LogP contribution in [0.15, 0.2) is 82.4 Å². The van der Waals surface area contributed by atoms with E-state index >= 15 is 0 Å². The minimum atomic E-state index is -0.679. The number of benzene rings is 3. The summed E-state index contributed by atoms with van der Waals surface area (Å²) in [4.78, 5) is 51.4. The molecule has 0 unspecified atom stereocenters. The highest BCUT2D eigenvalue weighted by Gasteiger charge is 2.17. The molecular weight excluding hydrogens is 463 g/mol. The predicted molar refractivity (Wildman–Crippen MR) is 136 cm³/mol. The Bertz CT molecular complexity index is 1520. The summed E-state index contributed by atoms with van der Waals surface area (Å²) >= 11 is 0. The average Bonchev–Trinajstić information content (AvgIpc) is 2.88. The van der Waals surface area contributed by atoms with Crippen molar-refractivity contribution in [2.45, 2.75) is 26.3 Å². The Morgan fingerprint density at radius 1 is 0.889 bits per heavy atom. The first kappa shape index (κ1) is 24.6. The molecule has 4 aromatic rings. The van der Waals surface area contributed by atoms with Gasteiger partial charge in [-0.25, -0.2) is 13.8 Å². The number of fused-ring (bicyclic) bond motifs is 1. The first-order valence-corrected chi connectivity index (χ1v) is 11.5. The summed E-state index contributed by atoms with van der Waals surface area (Å²) in [6, 6.07) is 18.4. The molecular formula is C27H25FN4O4. The van der Waals surface area contributed by atoms with Gasteiger partial charge < -0.3 is 10.6 Å². The highest BCUT2D eigenvalue weighted by Crippen LogP contribution is 2.13. The quantitative estimate of drug-likeness (QED) is 0.398. The van der Waals surface area contributed by atoms with E-state index in [1.807, 2.05) is 6.92 Å². The molecule has 0 aliphatic rings. The van der Waals surface area contributed by atoms with Crippen molar-refractivity contribution in [2.75, 3.05) is 11.9 Å². The standard InChI is InChI=1S/C27H25FN4O4/c1-2-15-29-24(33)16-18-7-13-21(14-8-18)32-26(35)22-5-3-4-6-23(22)31(27(32)36)17-25(34)30-20-11-9-19(28)10-12-20/h3-14H,2,15-17H2,1H3,(H,29,33)(H,30,34). The van der Waals surface area contributed by atoms with Crippen LogP contribution in [-0.4, -0.2) is 27.5 Å². The number of halogens is 1. The fourth-order valence-corrected chi connectivity index (χ4v) is 3.85. The number of hydrogen-bond donors (Lipinski definition) is 2. The normalized spacial score (nSPS) is 10.8. The Hall–Kier alpha value is -4.53. The van der Waals surface area contributed by atoms with Crippen molar-refractivity contribution in [3.8, 4) is 5.69 Å². The van der Waals surface area contributed by atoms with Gasteiger partial charge >= 0.3 is 5.69 Å². The lowest BCUT2D eigenvalue weighted by Gasteiger charge is -2.14. The molecule has 1 heterocycles. The van der Waals surface area contributed by atoms with Crippen LogP contribution in [0.4, 0.5) is 10.1 Å². The average molecular weight is 489 g/mol. The van der Waals surface area contributed by atoms with Gasteiger partial charge in [-0.2, -0.15) is 0 Å². The number of anilines is 1. The molecule has 3 aromatic carbocycles. The number of rotatable bonds is 8. The van der Waals surface area contributed by atoms with Gasteiger partial charge in [0.2, 0.25) is 11.8 Å². The maximum absolute atomic E-state index is 13.4. The minimum Gasteiger partial charge on any atom is -0.356 e. The molecule has 0 atom stereocenters. The third-order valence-corrected chi connectivity index (χ3v) is 5.61. The first-order valence-electron chi connectivity index (χ1n) is 11.5. The second-order valence-corrected chi connectivity index (χ2v) is 8.27. The number of hydrogen-bond acceptors (Lipinski definition) is 4. The zero-order chi connectivity index (χ0) is 25.7. The molecule has 8 nitrogen and oxygen atoms in total. The Labute approximate surface area is 206 Å². The Morgan fingerprint density at radius 2 is 1.58 bits per heavy atom. The summed E-state index contributed by atoms with van der Waals surface area (Å²) in [6.45, 7) is 2.21. The molecule has 9 heteroatoms. The summed E-state index contributed by atoms with van der Waals surface area (Å²) in [5, 5.41) is 5.71. The predicted octanol–water partition coefficient (Wildman–Crippen LogP) is 3.00. The van der Waals surface area contributed by atoms with Gasteiger partial charge in [0, 0.05) is 12.2 Å². The minimum absolute atomic E-state index is 0.109. The molecule has 2 N–H and O–H groups in total. The molecule has 0 spiro atoms. The summed E-state index contributed by atoms with van der Waals surface area (Å²) in [6.07, 6.45) is 1.02. The van der Waals surface area contributed by atoms with Crippen molar-refractivity contribution < 1.29 is 14.0 Å². The smallest absolute Gasteiger partial charge is 0.336 e. The Balaban J connectivity index is 1.68. The van der Waals surface area contributed by atoms with Crippen LogP contribution in [0.1, 0.15) is 18.9 Å². The lowest BCUT2D eigenvalue weighted by molar-refractivity contribution is -0.120. The fraction of sp³-hybridized carbons (Fsp3) is 0.185. The molecule has 0 bridgehead atoms. The van der Waals surface area contributed by atoms with Gasteiger partial charge in [0.1, 0.15) is 12.4 Å². The highest BCUT2D eigenvalue weighted by atomic mass is 19.1. The number of aromatic nitrogens is 2. The number of para-hydroxylation sites is 1. The van der Waals surface area contributed by atoms with E-state index in [2.05, 4.69) is 10.6 Å². The molecule has 184 valence electrons. The van der Waals surface area contributed by atoms with E-state index in [0.717, 1.165) is 16.6 Å². The van der Waals surface area contributed by atoms with E-state index in [9.17, 15) is 23.6 Å². The second kappa shape index (κ2) is 10.8. The third-order valence-electron chi connectivity index (χ3n) is 5.61. The van der Waals surface area contributed by atoms with Crippen LogP contribution in [0, 0.1) is 5.82 Å². The van der Waals surface area contributed by atoms with Crippen molar-refractivity contribution in [3.63, 3.8) is 0 Å². The summed E-state index contributed by atoms with van der Waals surface area (Å²) in [7, 11) is 0. The van der Waals surface area contributed by atoms with Crippen molar-refractivity contribution in [1.82, 2.24) is 14.5 Å². The van der Waals surface area contributed by atoms with E-state index in [-0.39, 0.29) is 24.3 Å². The van der Waals surface area contributed by atoms with Crippen LogP contribution >= 0.6 is 0 Å². The number of carbonyl (C=O) groups is 2. The Morgan fingerprint density at radius 3 is 2.28 bits per heavy atom. The summed E-state index contributed by atoms with van der Waals surface area (Å²) in [5.41, 5.74) is 0.565. The van der Waals surface area contributed by atoms with E-state index in [1.54, 1.807) is 48.5 Å². The number of amides is 2. The fourth-order valence-electron chi connectivity index (χ4n) is 3.85. The van der Waals surface area contributed by atoms with Crippen LogP contribution < -0.4 is 21.9 Å². The molecule has 0 radical (unpaired) electrons. The molecule has 1 aromatic heterocycles. The first-order chi connectivity index (χ1) is 17.4. The molecule has 36 heavy (non-hydrogen) atoms. The lowest BCUT2D eigenvalue weighted by Crippen LogP contribution is -2.40. The molecule has 0 saturated carbocycles. The van der Waals surface area contributed by atoms with Crippen molar-refractivity contribution in [3.05, 3.63) is 105 Å². The highest BCUT2D eigenvalue weighted by molar-refractivity contribution is 5.91. The second-order valence-electron chi connectivity index (χ2n) is 8.27. The maximum atomic E-state index is 13.4. The largest absolute Gasteiger partial charge is 0.356 e. The Kier molecular flexibility index (Phi) is 7.39. The van der Waals surface area contributed by atoms with Crippen LogP contribution in [0.3, 0.4) is 0 Å². The van der Waals surface area contributed by atoms with Gasteiger partial charge in [0.25, 0.3) is 5.56 Å². The zero-order valence-corrected chi connectivity index (χ0v) is 19.7.